The number of benzene rings is 1. The lowest BCUT2D eigenvalue weighted by atomic mass is 10.1. The molecule has 1 fully saturated rings. The number of rotatable bonds is 3. The molecule has 0 atom stereocenters. The van der Waals surface area contributed by atoms with E-state index in [1.807, 2.05) is 0 Å². The van der Waals surface area contributed by atoms with Gasteiger partial charge >= 0.3 is 5.97 Å². The van der Waals surface area contributed by atoms with E-state index < -0.39 is 21.7 Å². The Bertz CT molecular complexity index is 887. The van der Waals surface area contributed by atoms with Gasteiger partial charge in [0.1, 0.15) is 0 Å². The number of hydrogen-bond donors (Lipinski definition) is 1. The maximum absolute atomic E-state index is 12.1. The number of carbonyl (C=O) groups is 1. The largest absolute Gasteiger partial charge is 0.502 e. The topological polar surface area (TPSA) is 97.0 Å². The molecule has 1 aromatic carbocycles. The van der Waals surface area contributed by atoms with E-state index in [0.717, 1.165) is 11.2 Å². The first-order valence-electron chi connectivity index (χ1n) is 7.10. The van der Waals surface area contributed by atoms with Gasteiger partial charge in [-0.25, -0.2) is 12.7 Å². The zero-order chi connectivity index (χ0) is 17.5. The van der Waals surface area contributed by atoms with Crippen LogP contribution in [0, 0.1) is 0 Å². The van der Waals surface area contributed by atoms with E-state index in [1.54, 1.807) is 24.3 Å². The van der Waals surface area contributed by atoms with Crippen molar-refractivity contribution in [3.63, 3.8) is 0 Å². The average Bonchev–Trinajstić information content (AvgIpc) is 3.00. The third-order valence-corrected chi connectivity index (χ3v) is 5.58. The highest BCUT2D eigenvalue weighted by molar-refractivity contribution is 7.93. The maximum Gasteiger partial charge on any atom is 0.308 e. The van der Waals surface area contributed by atoms with Gasteiger partial charge in [-0.1, -0.05) is 11.6 Å². The smallest absolute Gasteiger partial charge is 0.308 e. The number of furan rings is 1. The van der Waals surface area contributed by atoms with Crippen LogP contribution >= 0.6 is 11.6 Å². The minimum absolute atomic E-state index is 0.0000154. The summed E-state index contributed by atoms with van der Waals surface area (Å²) in [5.41, 5.74) is 0.466. The van der Waals surface area contributed by atoms with Crippen molar-refractivity contribution in [1.29, 1.82) is 0 Å². The van der Waals surface area contributed by atoms with Gasteiger partial charge in [-0.15, -0.1) is 0 Å². The molecule has 1 aromatic heterocycles. The lowest BCUT2D eigenvalue weighted by Gasteiger charge is -2.14. The van der Waals surface area contributed by atoms with Gasteiger partial charge in [0.2, 0.25) is 21.5 Å². The number of nitrogens with zero attached hydrogens (tertiary/aromatic N) is 1. The van der Waals surface area contributed by atoms with Crippen molar-refractivity contribution in [2.75, 3.05) is 16.6 Å². The van der Waals surface area contributed by atoms with Gasteiger partial charge in [0.05, 0.1) is 5.75 Å². The molecule has 0 radical (unpaired) electrons. The van der Waals surface area contributed by atoms with Crippen LogP contribution in [-0.4, -0.2) is 31.8 Å². The van der Waals surface area contributed by atoms with Crippen molar-refractivity contribution in [3.8, 4) is 22.8 Å². The van der Waals surface area contributed by atoms with Gasteiger partial charge in [-0.2, -0.15) is 0 Å². The molecule has 0 unspecified atom stereocenters. The molecule has 2 heterocycles. The highest BCUT2D eigenvalue weighted by atomic mass is 35.5. The predicted octanol–water partition coefficient (Wildman–Crippen LogP) is 2.77. The van der Waals surface area contributed by atoms with E-state index >= 15 is 0 Å². The van der Waals surface area contributed by atoms with E-state index in [1.165, 1.54) is 0 Å². The minimum atomic E-state index is -3.57. The summed E-state index contributed by atoms with van der Waals surface area (Å²) in [4.78, 5) is 11.3. The standard InChI is InChI=1S/C15H14ClNO6S/c1-9(18)22-14-12(19)13(10-3-5-11(16)6-4-10)23-15(14)17-7-2-8-24(17,20)21/h3-6,19H,2,7-8H2,1H3. The molecule has 1 saturated heterocycles. The van der Waals surface area contributed by atoms with Crippen LogP contribution in [0.4, 0.5) is 5.88 Å². The third kappa shape index (κ3) is 2.94. The number of ether oxygens (including phenoxy) is 1. The summed E-state index contributed by atoms with van der Waals surface area (Å²) in [7, 11) is -3.57. The van der Waals surface area contributed by atoms with E-state index in [-0.39, 0.29) is 29.7 Å². The summed E-state index contributed by atoms with van der Waals surface area (Å²) in [6.45, 7) is 1.33. The number of sulfonamides is 1. The number of hydrogen-bond acceptors (Lipinski definition) is 6. The predicted molar refractivity (Wildman–Crippen MR) is 87.9 cm³/mol. The zero-order valence-electron chi connectivity index (χ0n) is 12.7. The first-order chi connectivity index (χ1) is 11.3. The second-order valence-corrected chi connectivity index (χ2v) is 7.71. The van der Waals surface area contributed by atoms with Crippen molar-refractivity contribution >= 4 is 33.5 Å². The van der Waals surface area contributed by atoms with E-state index in [2.05, 4.69) is 0 Å². The van der Waals surface area contributed by atoms with Crippen LogP contribution < -0.4 is 9.04 Å². The lowest BCUT2D eigenvalue weighted by molar-refractivity contribution is -0.132. The Hall–Kier alpha value is -2.19. The van der Waals surface area contributed by atoms with Crippen LogP contribution in [-0.2, 0) is 14.8 Å². The van der Waals surface area contributed by atoms with Crippen molar-refractivity contribution in [1.82, 2.24) is 0 Å². The Morgan fingerprint density at radius 2 is 2.00 bits per heavy atom. The Kier molecular flexibility index (Phi) is 4.18. The second kappa shape index (κ2) is 6.03. The SMILES string of the molecule is CC(=O)Oc1c(N2CCCS2(=O)=O)oc(-c2ccc(Cl)cc2)c1O. The molecule has 128 valence electrons. The summed E-state index contributed by atoms with van der Waals surface area (Å²) >= 11 is 5.84. The molecule has 1 aliphatic heterocycles. The lowest BCUT2D eigenvalue weighted by Crippen LogP contribution is -2.25. The van der Waals surface area contributed by atoms with Gasteiger partial charge in [0, 0.05) is 24.1 Å². The fourth-order valence-electron chi connectivity index (χ4n) is 2.46. The first kappa shape index (κ1) is 16.7. The van der Waals surface area contributed by atoms with Crippen LogP contribution in [0.15, 0.2) is 28.7 Å². The molecule has 2 aromatic rings. The summed E-state index contributed by atoms with van der Waals surface area (Å²) in [5.74, 6) is -1.69. The molecule has 9 heteroatoms. The number of aromatic hydroxyl groups is 1. The van der Waals surface area contributed by atoms with Crippen LogP contribution in [0.3, 0.4) is 0 Å². The summed E-state index contributed by atoms with van der Waals surface area (Å²) in [6, 6.07) is 6.38. The fourth-order valence-corrected chi connectivity index (χ4v) is 4.08. The van der Waals surface area contributed by atoms with Crippen molar-refractivity contribution in [3.05, 3.63) is 29.3 Å². The Labute approximate surface area is 143 Å². The molecule has 7 nitrogen and oxygen atoms in total. The molecule has 0 bridgehead atoms. The van der Waals surface area contributed by atoms with Gasteiger partial charge < -0.3 is 14.3 Å². The fraction of sp³-hybridized carbons (Fsp3) is 0.267. The summed E-state index contributed by atoms with van der Waals surface area (Å²) < 4.78 is 35.8. The van der Waals surface area contributed by atoms with Crippen LogP contribution in [0.5, 0.6) is 11.5 Å². The highest BCUT2D eigenvalue weighted by Crippen LogP contribution is 2.49. The molecular weight excluding hydrogens is 358 g/mol. The molecule has 3 rings (SSSR count). The molecular formula is C15H14ClNO6S. The molecule has 0 amide bonds. The van der Waals surface area contributed by atoms with Gasteiger partial charge in [0.15, 0.2) is 5.76 Å². The van der Waals surface area contributed by atoms with E-state index in [4.69, 9.17) is 20.8 Å². The van der Waals surface area contributed by atoms with Crippen LogP contribution in [0.2, 0.25) is 5.02 Å². The quantitative estimate of drug-likeness (QED) is 0.833. The third-order valence-electron chi connectivity index (χ3n) is 3.50. The number of esters is 1. The van der Waals surface area contributed by atoms with E-state index in [0.29, 0.717) is 17.0 Å². The Morgan fingerprint density at radius 1 is 1.33 bits per heavy atom. The van der Waals surface area contributed by atoms with Gasteiger partial charge in [-0.3, -0.25) is 4.79 Å². The van der Waals surface area contributed by atoms with Crippen LogP contribution in [0.1, 0.15) is 13.3 Å². The molecule has 0 aliphatic carbocycles. The zero-order valence-corrected chi connectivity index (χ0v) is 14.2. The molecule has 24 heavy (non-hydrogen) atoms. The minimum Gasteiger partial charge on any atom is -0.502 e. The van der Waals surface area contributed by atoms with Gasteiger partial charge in [0.25, 0.3) is 5.88 Å². The van der Waals surface area contributed by atoms with Crippen LogP contribution in [0.25, 0.3) is 11.3 Å². The van der Waals surface area contributed by atoms with Crippen molar-refractivity contribution < 1.29 is 27.5 Å². The molecule has 0 saturated carbocycles. The maximum atomic E-state index is 12.1. The molecule has 1 N–H and O–H groups in total. The summed E-state index contributed by atoms with van der Waals surface area (Å²) in [6.07, 6.45) is 0.416. The highest BCUT2D eigenvalue weighted by Gasteiger charge is 2.37. The number of carbonyl (C=O) groups excluding carboxylic acids is 1. The second-order valence-electron chi connectivity index (χ2n) is 5.26. The Morgan fingerprint density at radius 3 is 2.54 bits per heavy atom. The average molecular weight is 372 g/mol. The monoisotopic (exact) mass is 371 g/mol. The van der Waals surface area contributed by atoms with Gasteiger partial charge in [-0.05, 0) is 30.7 Å². The number of anilines is 1. The van der Waals surface area contributed by atoms with E-state index in [9.17, 15) is 18.3 Å². The molecule has 1 aliphatic rings. The summed E-state index contributed by atoms with van der Waals surface area (Å²) in [5, 5.41) is 10.9. The molecule has 0 spiro atoms. The first-order valence-corrected chi connectivity index (χ1v) is 9.09. The Balaban J connectivity index is 2.15. The van der Waals surface area contributed by atoms with Crippen molar-refractivity contribution in [2.45, 2.75) is 13.3 Å². The van der Waals surface area contributed by atoms with Crippen molar-refractivity contribution in [2.24, 2.45) is 0 Å². The normalized spacial score (nSPS) is 16.3. The number of halogens is 1.